The zero-order valence-corrected chi connectivity index (χ0v) is 20.7. The number of pyridine rings is 1. The Morgan fingerprint density at radius 1 is 1.03 bits per heavy atom. The standard InChI is InChI=1S/C24H30ClFN4O5/c1-24(2,3)35-23(33)30-14-16-8-11-27-20(12-16)22(32)29-10-5-4-9-28-21(31)15-34-17-6-7-18(25)19(26)13-17/h6-8,11-13H,4-5,9-10,14-15H2,1-3H3,(H,28,31)(H,29,32)(H,30,33). The third-order valence-electron chi connectivity index (χ3n) is 4.36. The van der Waals surface area contributed by atoms with Gasteiger partial charge in [0, 0.05) is 31.9 Å². The number of unbranched alkanes of at least 4 members (excludes halogenated alkanes) is 1. The molecular weight excluding hydrogens is 479 g/mol. The van der Waals surface area contributed by atoms with Crippen LogP contribution in [0.1, 0.15) is 49.7 Å². The average molecular weight is 509 g/mol. The monoisotopic (exact) mass is 508 g/mol. The maximum absolute atomic E-state index is 13.4. The number of carbonyl (C=O) groups is 3. The molecule has 0 atom stereocenters. The number of alkyl carbamates (subject to hydrolysis) is 1. The van der Waals surface area contributed by atoms with E-state index in [4.69, 9.17) is 21.1 Å². The van der Waals surface area contributed by atoms with E-state index in [1.807, 2.05) is 0 Å². The van der Waals surface area contributed by atoms with Crippen LogP contribution < -0.4 is 20.7 Å². The second-order valence-corrected chi connectivity index (χ2v) is 8.99. The third-order valence-corrected chi connectivity index (χ3v) is 4.67. The smallest absolute Gasteiger partial charge is 0.407 e. The fourth-order valence-corrected chi connectivity index (χ4v) is 2.85. The summed E-state index contributed by atoms with van der Waals surface area (Å²) < 4.78 is 23.8. The molecule has 0 radical (unpaired) electrons. The minimum Gasteiger partial charge on any atom is -0.484 e. The minimum absolute atomic E-state index is 0.0208. The van der Waals surface area contributed by atoms with Gasteiger partial charge >= 0.3 is 6.09 Å². The predicted molar refractivity (Wildman–Crippen MR) is 129 cm³/mol. The molecule has 11 heteroatoms. The van der Waals surface area contributed by atoms with Gasteiger partial charge in [-0.3, -0.25) is 14.6 Å². The highest BCUT2D eigenvalue weighted by molar-refractivity contribution is 6.30. The van der Waals surface area contributed by atoms with Crippen LogP contribution in [0.5, 0.6) is 5.75 Å². The van der Waals surface area contributed by atoms with E-state index in [1.54, 1.807) is 32.9 Å². The van der Waals surface area contributed by atoms with Crippen molar-refractivity contribution in [1.29, 1.82) is 0 Å². The number of rotatable bonds is 11. The molecule has 0 aliphatic carbocycles. The number of ether oxygens (including phenoxy) is 2. The molecule has 35 heavy (non-hydrogen) atoms. The molecule has 3 N–H and O–H groups in total. The minimum atomic E-state index is -0.619. The summed E-state index contributed by atoms with van der Waals surface area (Å²) in [6.07, 6.45) is 2.22. The van der Waals surface area contributed by atoms with Crippen molar-refractivity contribution in [3.63, 3.8) is 0 Å². The quantitative estimate of drug-likeness (QED) is 0.399. The molecule has 1 aromatic carbocycles. The van der Waals surface area contributed by atoms with Crippen molar-refractivity contribution < 1.29 is 28.2 Å². The summed E-state index contributed by atoms with van der Waals surface area (Å²) in [7, 11) is 0. The lowest BCUT2D eigenvalue weighted by atomic mass is 10.2. The van der Waals surface area contributed by atoms with Crippen LogP contribution >= 0.6 is 11.6 Å². The van der Waals surface area contributed by atoms with E-state index in [-0.39, 0.29) is 41.4 Å². The molecule has 0 unspecified atom stereocenters. The van der Waals surface area contributed by atoms with Crippen molar-refractivity contribution in [3.8, 4) is 5.75 Å². The Kier molecular flexibility index (Phi) is 10.7. The van der Waals surface area contributed by atoms with Gasteiger partial charge in [0.1, 0.15) is 22.9 Å². The molecule has 0 aliphatic heterocycles. The summed E-state index contributed by atoms with van der Waals surface area (Å²) >= 11 is 5.60. The highest BCUT2D eigenvalue weighted by Gasteiger charge is 2.16. The van der Waals surface area contributed by atoms with Gasteiger partial charge in [0.15, 0.2) is 6.61 Å². The van der Waals surface area contributed by atoms with Crippen LogP contribution in [0.4, 0.5) is 9.18 Å². The van der Waals surface area contributed by atoms with Crippen LogP contribution in [0.2, 0.25) is 5.02 Å². The number of nitrogens with one attached hydrogen (secondary N) is 3. The van der Waals surface area contributed by atoms with Crippen molar-refractivity contribution in [2.24, 2.45) is 0 Å². The Bertz CT molecular complexity index is 1030. The molecular formula is C24H30ClFN4O5. The Labute approximate surface area is 208 Å². The van der Waals surface area contributed by atoms with E-state index < -0.39 is 17.5 Å². The molecule has 0 aliphatic rings. The average Bonchev–Trinajstić information content (AvgIpc) is 2.79. The number of carbonyl (C=O) groups excluding carboxylic acids is 3. The molecule has 0 spiro atoms. The highest BCUT2D eigenvalue weighted by Crippen LogP contribution is 2.20. The number of benzene rings is 1. The lowest BCUT2D eigenvalue weighted by Gasteiger charge is -2.19. The summed E-state index contributed by atoms with van der Waals surface area (Å²) in [5.74, 6) is -1.09. The topological polar surface area (TPSA) is 119 Å². The van der Waals surface area contributed by atoms with Gasteiger partial charge in [-0.15, -0.1) is 0 Å². The largest absolute Gasteiger partial charge is 0.484 e. The molecule has 0 bridgehead atoms. The summed E-state index contributed by atoms with van der Waals surface area (Å²) in [6.45, 7) is 6.08. The normalized spacial score (nSPS) is 10.9. The van der Waals surface area contributed by atoms with E-state index in [9.17, 15) is 18.8 Å². The Morgan fingerprint density at radius 2 is 1.74 bits per heavy atom. The van der Waals surface area contributed by atoms with Gasteiger partial charge in [0.05, 0.1) is 5.02 Å². The highest BCUT2D eigenvalue weighted by atomic mass is 35.5. The van der Waals surface area contributed by atoms with Crippen LogP contribution in [0.3, 0.4) is 0 Å². The lowest BCUT2D eigenvalue weighted by molar-refractivity contribution is -0.123. The fraction of sp³-hybridized carbons (Fsp3) is 0.417. The van der Waals surface area contributed by atoms with Crippen molar-refractivity contribution in [2.45, 2.75) is 45.8 Å². The SMILES string of the molecule is CC(C)(C)OC(=O)NCc1ccnc(C(=O)NCCCCNC(=O)COc2ccc(Cl)c(F)c2)c1. The molecule has 9 nitrogen and oxygen atoms in total. The lowest BCUT2D eigenvalue weighted by Crippen LogP contribution is -2.32. The van der Waals surface area contributed by atoms with E-state index in [2.05, 4.69) is 20.9 Å². The van der Waals surface area contributed by atoms with Crippen LogP contribution in [0.25, 0.3) is 0 Å². The van der Waals surface area contributed by atoms with Gasteiger partial charge in [0.2, 0.25) is 0 Å². The number of amides is 3. The van der Waals surface area contributed by atoms with Crippen LogP contribution in [-0.2, 0) is 16.1 Å². The van der Waals surface area contributed by atoms with Gasteiger partial charge in [-0.2, -0.15) is 0 Å². The first-order valence-electron chi connectivity index (χ1n) is 11.1. The Balaban J connectivity index is 1.62. The zero-order chi connectivity index (χ0) is 25.8. The van der Waals surface area contributed by atoms with Crippen LogP contribution in [0, 0.1) is 5.82 Å². The van der Waals surface area contributed by atoms with Crippen LogP contribution in [-0.4, -0.2) is 48.2 Å². The summed E-state index contributed by atoms with van der Waals surface area (Å²) in [6, 6.07) is 7.23. The second-order valence-electron chi connectivity index (χ2n) is 8.58. The summed E-state index contributed by atoms with van der Waals surface area (Å²) in [5, 5.41) is 8.07. The number of nitrogens with zero attached hydrogens (tertiary/aromatic N) is 1. The Morgan fingerprint density at radius 3 is 2.43 bits per heavy atom. The Hall–Kier alpha value is -3.40. The number of hydrogen-bond acceptors (Lipinski definition) is 6. The van der Waals surface area contributed by atoms with Crippen LogP contribution in [0.15, 0.2) is 36.5 Å². The van der Waals surface area contributed by atoms with E-state index in [0.717, 1.165) is 6.07 Å². The first-order chi connectivity index (χ1) is 16.5. The fourth-order valence-electron chi connectivity index (χ4n) is 2.73. The molecule has 1 heterocycles. The predicted octanol–water partition coefficient (Wildman–Crippen LogP) is 3.60. The van der Waals surface area contributed by atoms with Crippen molar-refractivity contribution in [3.05, 3.63) is 58.6 Å². The van der Waals surface area contributed by atoms with Gasteiger partial charge in [-0.25, -0.2) is 9.18 Å². The summed E-state index contributed by atoms with van der Waals surface area (Å²) in [5.41, 5.74) is 0.349. The first-order valence-corrected chi connectivity index (χ1v) is 11.5. The number of aromatic nitrogens is 1. The molecule has 2 aromatic rings. The molecule has 190 valence electrons. The van der Waals surface area contributed by atoms with Crippen molar-refractivity contribution in [2.75, 3.05) is 19.7 Å². The first kappa shape index (κ1) is 27.8. The number of hydrogen-bond donors (Lipinski definition) is 3. The second kappa shape index (κ2) is 13.5. The van der Waals surface area contributed by atoms with Crippen molar-refractivity contribution >= 4 is 29.5 Å². The molecule has 0 saturated carbocycles. The molecule has 0 fully saturated rings. The van der Waals surface area contributed by atoms with Gasteiger partial charge in [-0.1, -0.05) is 11.6 Å². The molecule has 2 rings (SSSR count). The van der Waals surface area contributed by atoms with Crippen molar-refractivity contribution in [1.82, 2.24) is 20.9 Å². The third kappa shape index (κ3) is 11.0. The van der Waals surface area contributed by atoms with Gasteiger partial charge in [0.25, 0.3) is 11.8 Å². The zero-order valence-electron chi connectivity index (χ0n) is 20.0. The maximum atomic E-state index is 13.4. The van der Waals surface area contributed by atoms with E-state index in [1.165, 1.54) is 18.3 Å². The van der Waals surface area contributed by atoms with E-state index in [0.29, 0.717) is 31.5 Å². The van der Waals surface area contributed by atoms with Gasteiger partial charge in [-0.05, 0) is 63.4 Å². The molecule has 0 saturated heterocycles. The van der Waals surface area contributed by atoms with E-state index >= 15 is 0 Å². The van der Waals surface area contributed by atoms with Gasteiger partial charge < -0.3 is 25.4 Å². The number of halogens is 2. The molecule has 3 amide bonds. The molecule has 1 aromatic heterocycles. The maximum Gasteiger partial charge on any atom is 0.407 e. The summed E-state index contributed by atoms with van der Waals surface area (Å²) in [4.78, 5) is 40.0.